The summed E-state index contributed by atoms with van der Waals surface area (Å²) in [7, 11) is 0. The zero-order valence-electron chi connectivity index (χ0n) is 10.3. The monoisotopic (exact) mass is 243 g/mol. The van der Waals surface area contributed by atoms with Gasteiger partial charge < -0.3 is 10.7 Å². The van der Waals surface area contributed by atoms with E-state index in [0.29, 0.717) is 6.04 Å². The zero-order valence-corrected chi connectivity index (χ0v) is 10.3. The fourth-order valence-electron chi connectivity index (χ4n) is 2.73. The normalized spacial score (nSPS) is 21.4. The molecule has 2 aliphatic rings. The van der Waals surface area contributed by atoms with Gasteiger partial charge >= 0.3 is 5.69 Å². The first-order valence-corrected chi connectivity index (χ1v) is 6.67. The van der Waals surface area contributed by atoms with Crippen molar-refractivity contribution in [3.63, 3.8) is 0 Å². The summed E-state index contributed by atoms with van der Waals surface area (Å²) in [6, 6.07) is 6.68. The molecule has 0 bridgehead atoms. The standard InChI is InChI=1S/C14H17N3O/c15-14(5-6-14)8-9-1-4-12-11(7-9)16-13(18)17(12)10-2-3-10/h1,4,7,10H,2-3,5-6,8,15H2,(H,16,18). The molecular formula is C14H17N3O. The van der Waals surface area contributed by atoms with Gasteiger partial charge in [-0.2, -0.15) is 0 Å². The van der Waals surface area contributed by atoms with Crippen molar-refractivity contribution in [3.8, 4) is 0 Å². The average Bonchev–Trinajstić information content (AvgIpc) is 3.22. The van der Waals surface area contributed by atoms with Crippen LogP contribution in [0, 0.1) is 0 Å². The average molecular weight is 243 g/mol. The first-order chi connectivity index (χ1) is 8.65. The van der Waals surface area contributed by atoms with Gasteiger partial charge in [0.2, 0.25) is 0 Å². The highest BCUT2D eigenvalue weighted by atomic mass is 16.1. The van der Waals surface area contributed by atoms with Crippen molar-refractivity contribution in [1.82, 2.24) is 9.55 Å². The van der Waals surface area contributed by atoms with Crippen LogP contribution in [0.3, 0.4) is 0 Å². The Morgan fingerprint density at radius 2 is 2.17 bits per heavy atom. The van der Waals surface area contributed by atoms with Crippen LogP contribution in [-0.2, 0) is 6.42 Å². The summed E-state index contributed by atoms with van der Waals surface area (Å²) < 4.78 is 1.90. The van der Waals surface area contributed by atoms with Crippen LogP contribution in [0.4, 0.5) is 0 Å². The zero-order chi connectivity index (χ0) is 12.3. The Bertz CT molecular complexity index is 674. The Labute approximate surface area is 105 Å². The van der Waals surface area contributed by atoms with Crippen molar-refractivity contribution in [2.24, 2.45) is 5.73 Å². The van der Waals surface area contributed by atoms with Crippen molar-refractivity contribution in [3.05, 3.63) is 34.2 Å². The van der Waals surface area contributed by atoms with Crippen LogP contribution in [0.5, 0.6) is 0 Å². The quantitative estimate of drug-likeness (QED) is 0.861. The molecule has 0 unspecified atom stereocenters. The Balaban J connectivity index is 1.78. The van der Waals surface area contributed by atoms with Crippen LogP contribution in [0.15, 0.2) is 23.0 Å². The van der Waals surface area contributed by atoms with Crippen LogP contribution < -0.4 is 11.4 Å². The van der Waals surface area contributed by atoms with E-state index in [4.69, 9.17) is 5.73 Å². The Morgan fingerprint density at radius 1 is 1.39 bits per heavy atom. The molecule has 2 aliphatic carbocycles. The van der Waals surface area contributed by atoms with Crippen LogP contribution in [0.2, 0.25) is 0 Å². The van der Waals surface area contributed by atoms with Gasteiger partial charge in [-0.05, 0) is 49.8 Å². The molecule has 0 radical (unpaired) electrons. The molecule has 0 atom stereocenters. The fraction of sp³-hybridized carbons (Fsp3) is 0.500. The minimum Gasteiger partial charge on any atom is -0.325 e. The summed E-state index contributed by atoms with van der Waals surface area (Å²) in [5, 5.41) is 0. The van der Waals surface area contributed by atoms with Gasteiger partial charge in [0.05, 0.1) is 11.0 Å². The van der Waals surface area contributed by atoms with Gasteiger partial charge in [-0.3, -0.25) is 4.57 Å². The molecular weight excluding hydrogens is 226 g/mol. The molecule has 0 saturated heterocycles. The summed E-state index contributed by atoms with van der Waals surface area (Å²) >= 11 is 0. The minimum absolute atomic E-state index is 0.0209. The second-order valence-electron chi connectivity index (χ2n) is 5.92. The van der Waals surface area contributed by atoms with Crippen molar-refractivity contribution < 1.29 is 0 Å². The van der Waals surface area contributed by atoms with Crippen molar-refractivity contribution in [2.45, 2.75) is 43.7 Å². The molecule has 1 heterocycles. The van der Waals surface area contributed by atoms with E-state index in [1.165, 1.54) is 5.56 Å². The Morgan fingerprint density at radius 3 is 2.83 bits per heavy atom. The SMILES string of the molecule is NC1(Cc2ccc3c(c2)[nH]c(=O)n3C2CC2)CC1. The van der Waals surface area contributed by atoms with Gasteiger partial charge in [0.25, 0.3) is 0 Å². The molecule has 3 N–H and O–H groups in total. The molecule has 0 spiro atoms. The maximum Gasteiger partial charge on any atom is 0.326 e. The minimum atomic E-state index is 0.0209. The fourth-order valence-corrected chi connectivity index (χ4v) is 2.73. The maximum absolute atomic E-state index is 11.9. The highest BCUT2D eigenvalue weighted by Gasteiger charge is 2.38. The number of benzene rings is 1. The number of nitrogens with zero attached hydrogens (tertiary/aromatic N) is 1. The van der Waals surface area contributed by atoms with E-state index in [9.17, 15) is 4.79 Å². The summed E-state index contributed by atoms with van der Waals surface area (Å²) in [4.78, 5) is 14.9. The second-order valence-corrected chi connectivity index (χ2v) is 5.92. The molecule has 1 aromatic carbocycles. The second kappa shape index (κ2) is 3.26. The van der Waals surface area contributed by atoms with Crippen molar-refractivity contribution >= 4 is 11.0 Å². The van der Waals surface area contributed by atoms with E-state index in [1.54, 1.807) is 0 Å². The van der Waals surface area contributed by atoms with Gasteiger partial charge in [0.1, 0.15) is 0 Å². The number of hydrogen-bond donors (Lipinski definition) is 2. The van der Waals surface area contributed by atoms with Gasteiger partial charge in [0, 0.05) is 11.6 Å². The van der Waals surface area contributed by atoms with E-state index in [2.05, 4.69) is 23.2 Å². The highest BCUT2D eigenvalue weighted by molar-refractivity contribution is 5.76. The van der Waals surface area contributed by atoms with Crippen LogP contribution in [-0.4, -0.2) is 15.1 Å². The third-order valence-corrected chi connectivity index (χ3v) is 4.14. The lowest BCUT2D eigenvalue weighted by Crippen LogP contribution is -2.24. The molecule has 18 heavy (non-hydrogen) atoms. The lowest BCUT2D eigenvalue weighted by molar-refractivity contribution is 0.672. The van der Waals surface area contributed by atoms with E-state index >= 15 is 0 Å². The van der Waals surface area contributed by atoms with Gasteiger partial charge in [-0.15, -0.1) is 0 Å². The number of rotatable bonds is 3. The third kappa shape index (κ3) is 1.60. The van der Waals surface area contributed by atoms with Crippen LogP contribution in [0.25, 0.3) is 11.0 Å². The molecule has 4 nitrogen and oxygen atoms in total. The van der Waals surface area contributed by atoms with Crippen LogP contribution >= 0.6 is 0 Å². The Kier molecular flexibility index (Phi) is 1.88. The molecule has 4 heteroatoms. The van der Waals surface area contributed by atoms with Crippen molar-refractivity contribution in [2.75, 3.05) is 0 Å². The van der Waals surface area contributed by atoms with Gasteiger partial charge in [-0.25, -0.2) is 4.79 Å². The van der Waals surface area contributed by atoms with E-state index in [-0.39, 0.29) is 11.2 Å². The van der Waals surface area contributed by atoms with Gasteiger partial charge in [0.15, 0.2) is 0 Å². The number of H-pyrrole nitrogens is 1. The molecule has 4 rings (SSSR count). The summed E-state index contributed by atoms with van der Waals surface area (Å²) in [6.07, 6.45) is 5.40. The van der Waals surface area contributed by atoms with E-state index in [1.807, 2.05) is 4.57 Å². The molecule has 2 fully saturated rings. The first kappa shape index (κ1) is 10.4. The summed E-state index contributed by atoms with van der Waals surface area (Å²) in [5.74, 6) is 0. The third-order valence-electron chi connectivity index (χ3n) is 4.14. The molecule has 1 aromatic heterocycles. The number of nitrogens with one attached hydrogen (secondary N) is 1. The molecule has 94 valence electrons. The van der Waals surface area contributed by atoms with Gasteiger partial charge in [-0.1, -0.05) is 6.07 Å². The summed E-state index contributed by atoms with van der Waals surface area (Å²) in [6.45, 7) is 0. The molecule has 0 amide bonds. The topological polar surface area (TPSA) is 63.8 Å². The largest absolute Gasteiger partial charge is 0.326 e. The number of aromatic amines is 1. The maximum atomic E-state index is 11.9. The lowest BCUT2D eigenvalue weighted by Gasteiger charge is -2.08. The smallest absolute Gasteiger partial charge is 0.325 e. The van der Waals surface area contributed by atoms with E-state index in [0.717, 1.165) is 43.1 Å². The predicted molar refractivity (Wildman–Crippen MR) is 70.7 cm³/mol. The number of imidazole rings is 1. The highest BCUT2D eigenvalue weighted by Crippen LogP contribution is 2.37. The Hall–Kier alpha value is -1.55. The number of fused-ring (bicyclic) bond motifs is 1. The number of hydrogen-bond acceptors (Lipinski definition) is 2. The number of aromatic nitrogens is 2. The molecule has 2 aromatic rings. The molecule has 0 aliphatic heterocycles. The summed E-state index contributed by atoms with van der Waals surface area (Å²) in [5.41, 5.74) is 9.40. The first-order valence-electron chi connectivity index (χ1n) is 6.67. The van der Waals surface area contributed by atoms with Crippen molar-refractivity contribution in [1.29, 1.82) is 0 Å². The van der Waals surface area contributed by atoms with Crippen LogP contribution in [0.1, 0.15) is 37.3 Å². The predicted octanol–water partition coefficient (Wildman–Crippen LogP) is 1.70. The molecule has 2 saturated carbocycles. The van der Waals surface area contributed by atoms with E-state index < -0.39 is 0 Å². The lowest BCUT2D eigenvalue weighted by atomic mass is 10.0. The number of nitrogens with two attached hydrogens (primary N) is 1.